The molecule has 1 nitrogen and oxygen atoms in total. The normalized spacial score (nSPS) is 9.00. The van der Waals surface area contributed by atoms with Gasteiger partial charge in [-0.25, -0.2) is 5.11 Å². The van der Waals surface area contributed by atoms with Crippen LogP contribution in [-0.2, 0) is 5.11 Å². The predicted octanol–water partition coefficient (Wildman–Crippen LogP) is 2.93. The van der Waals surface area contributed by atoms with Crippen LogP contribution in [-0.4, -0.2) is 11.9 Å². The second-order valence-electron chi connectivity index (χ2n) is 1.31. The summed E-state index contributed by atoms with van der Waals surface area (Å²) in [6, 6.07) is 0. The van der Waals surface area contributed by atoms with Gasteiger partial charge in [-0.1, -0.05) is 15.9 Å². The Morgan fingerprint density at radius 3 is 1.70 bits per heavy atom. The van der Waals surface area contributed by atoms with Crippen LogP contribution in [0.4, 0.5) is 13.2 Å². The van der Waals surface area contributed by atoms with Crippen LogP contribution in [0.5, 0.6) is 0 Å². The Bertz CT molecular complexity index is 47.4. The van der Waals surface area contributed by atoms with Crippen molar-refractivity contribution in [3.63, 3.8) is 0 Å². The Hall–Kier alpha value is 0.230. The van der Waals surface area contributed by atoms with Gasteiger partial charge in [0.1, 0.15) is 0 Å². The van der Waals surface area contributed by atoms with Gasteiger partial charge in [0.2, 0.25) is 0 Å². The van der Waals surface area contributed by atoms with Gasteiger partial charge in [0.15, 0.2) is 0 Å². The molecule has 0 saturated carbocycles. The first kappa shape index (κ1) is 12.9. The molecule has 0 heterocycles. The van der Waals surface area contributed by atoms with Gasteiger partial charge in [-0.15, -0.1) is 0 Å². The molecular formula is C5H8BrF3O. The van der Waals surface area contributed by atoms with Gasteiger partial charge in [-0.05, 0) is 12.8 Å². The van der Waals surface area contributed by atoms with Crippen molar-refractivity contribution in [3.8, 4) is 0 Å². The topological polar surface area (TPSA) is 19.9 Å². The Kier molecular flexibility index (Phi) is 15.4. The quantitative estimate of drug-likeness (QED) is 0.515. The molecule has 0 aliphatic heterocycles. The lowest BCUT2D eigenvalue weighted by Gasteiger charge is -1.82. The molecule has 0 spiro atoms. The van der Waals surface area contributed by atoms with E-state index in [1.807, 2.05) is 0 Å². The first-order chi connectivity index (χ1) is 4.65. The fourth-order valence-corrected chi connectivity index (χ4v) is 0.593. The average Bonchev–Trinajstić information content (AvgIpc) is 1.82. The third kappa shape index (κ3) is 41.2. The van der Waals surface area contributed by atoms with E-state index in [0.29, 0.717) is 0 Å². The summed E-state index contributed by atoms with van der Waals surface area (Å²) in [5.41, 5.74) is 0. The third-order valence-electron chi connectivity index (χ3n) is 0.528. The van der Waals surface area contributed by atoms with Crippen molar-refractivity contribution in [2.24, 2.45) is 0 Å². The highest BCUT2D eigenvalue weighted by molar-refractivity contribution is 9.09. The van der Waals surface area contributed by atoms with Crippen molar-refractivity contribution in [1.82, 2.24) is 0 Å². The summed E-state index contributed by atoms with van der Waals surface area (Å²) in [6.07, 6.45) is 1.83. The monoisotopic (exact) mass is 220 g/mol. The molecule has 10 heavy (non-hydrogen) atoms. The van der Waals surface area contributed by atoms with Crippen LogP contribution in [0.25, 0.3) is 0 Å². The molecule has 0 amide bonds. The van der Waals surface area contributed by atoms with Gasteiger partial charge in [-0.3, -0.25) is 0 Å². The Balaban J connectivity index is 0. The third-order valence-corrected chi connectivity index (χ3v) is 1.09. The van der Waals surface area contributed by atoms with E-state index in [2.05, 4.69) is 15.9 Å². The van der Waals surface area contributed by atoms with E-state index >= 15 is 0 Å². The zero-order valence-corrected chi connectivity index (χ0v) is 6.83. The molecule has 0 unspecified atom stereocenters. The fourth-order valence-electron chi connectivity index (χ4n) is 0.197. The van der Waals surface area contributed by atoms with Crippen LogP contribution in [0.3, 0.4) is 0 Å². The number of rotatable bonds is 3. The van der Waals surface area contributed by atoms with Gasteiger partial charge in [0.05, 0.1) is 6.61 Å². The molecule has 62 valence electrons. The molecule has 0 aromatic carbocycles. The van der Waals surface area contributed by atoms with E-state index in [0.717, 1.165) is 18.2 Å². The van der Waals surface area contributed by atoms with E-state index in [1.54, 1.807) is 0 Å². The molecule has 0 N–H and O–H groups in total. The van der Waals surface area contributed by atoms with Gasteiger partial charge >= 0.3 is 6.68 Å². The number of halogens is 4. The smallest absolute Gasteiger partial charge is 0.237 e. The SMILES string of the molecule is F[C](F)F.[O]CCCCBr. The second-order valence-corrected chi connectivity index (χ2v) is 2.11. The number of alkyl halides is 1. The molecule has 2 radical (unpaired) electrons. The van der Waals surface area contributed by atoms with Crippen molar-refractivity contribution in [3.05, 3.63) is 6.68 Å². The minimum absolute atomic E-state index is 0.0750. The average molecular weight is 221 g/mol. The summed E-state index contributed by atoms with van der Waals surface area (Å²) in [5, 5.41) is 10.6. The van der Waals surface area contributed by atoms with Crippen LogP contribution in [0.2, 0.25) is 0 Å². The van der Waals surface area contributed by atoms with E-state index in [4.69, 9.17) is 0 Å². The largest absolute Gasteiger partial charge is 0.487 e. The highest BCUT2D eigenvalue weighted by atomic mass is 79.9. The van der Waals surface area contributed by atoms with Crippen LogP contribution in [0, 0.1) is 6.68 Å². The molecule has 0 rings (SSSR count). The summed E-state index contributed by atoms with van der Waals surface area (Å²) >= 11 is 3.21. The molecule has 0 saturated heterocycles. The molecule has 0 aliphatic rings. The lowest BCUT2D eigenvalue weighted by Crippen LogP contribution is -1.78. The number of hydrogen-bond donors (Lipinski definition) is 0. The maximum Gasteiger partial charge on any atom is 0.487 e. The molecule has 0 atom stereocenters. The van der Waals surface area contributed by atoms with Crippen molar-refractivity contribution in [2.45, 2.75) is 12.8 Å². The highest BCUT2D eigenvalue weighted by Gasteiger charge is 1.93. The van der Waals surface area contributed by atoms with Gasteiger partial charge < -0.3 is 0 Å². The van der Waals surface area contributed by atoms with Crippen LogP contribution < -0.4 is 0 Å². The molecular weight excluding hydrogens is 213 g/mol. The Labute approximate surface area is 66.4 Å². The maximum atomic E-state index is 9.67. The summed E-state index contributed by atoms with van der Waals surface area (Å²) in [7, 11) is 0. The van der Waals surface area contributed by atoms with E-state index in [-0.39, 0.29) is 6.61 Å². The molecule has 0 fully saturated rings. The number of hydrogen-bond acceptors (Lipinski definition) is 0. The van der Waals surface area contributed by atoms with Crippen molar-refractivity contribution in [1.29, 1.82) is 0 Å². The second kappa shape index (κ2) is 12.0. The van der Waals surface area contributed by atoms with Crippen molar-refractivity contribution >= 4 is 15.9 Å². The summed E-state index contributed by atoms with van der Waals surface area (Å²) in [6.45, 7) is -3.01. The molecule has 0 bridgehead atoms. The number of unbranched alkanes of at least 4 members (excludes halogenated alkanes) is 1. The Morgan fingerprint density at radius 1 is 1.20 bits per heavy atom. The van der Waals surface area contributed by atoms with Gasteiger partial charge in [0.25, 0.3) is 0 Å². The highest BCUT2D eigenvalue weighted by Crippen LogP contribution is 1.99. The van der Waals surface area contributed by atoms with Crippen LogP contribution in [0.15, 0.2) is 0 Å². The zero-order valence-electron chi connectivity index (χ0n) is 5.25. The zero-order chi connectivity index (χ0) is 8.41. The fraction of sp³-hybridized carbons (Fsp3) is 0.800. The van der Waals surface area contributed by atoms with Gasteiger partial charge in [-0.2, -0.15) is 13.2 Å². The van der Waals surface area contributed by atoms with Crippen molar-refractivity contribution < 1.29 is 18.3 Å². The van der Waals surface area contributed by atoms with Crippen LogP contribution in [0.1, 0.15) is 12.8 Å². The van der Waals surface area contributed by atoms with Gasteiger partial charge in [0, 0.05) is 5.33 Å². The predicted molar refractivity (Wildman–Crippen MR) is 35.1 cm³/mol. The summed E-state index contributed by atoms with van der Waals surface area (Å²) in [5.74, 6) is 0. The first-order valence-corrected chi connectivity index (χ1v) is 3.74. The van der Waals surface area contributed by atoms with E-state index in [1.165, 1.54) is 0 Å². The molecule has 5 heteroatoms. The maximum absolute atomic E-state index is 9.67. The first-order valence-electron chi connectivity index (χ1n) is 2.62. The summed E-state index contributed by atoms with van der Waals surface area (Å²) in [4.78, 5) is 0. The van der Waals surface area contributed by atoms with Crippen LogP contribution >= 0.6 is 15.9 Å². The van der Waals surface area contributed by atoms with E-state index < -0.39 is 6.68 Å². The standard InChI is InChI=1S/C4H8BrO.CF3/c5-3-1-2-4-6;2-1(3)4/h1-4H2;. The lowest BCUT2D eigenvalue weighted by atomic mass is 10.4. The molecule has 0 aromatic heterocycles. The minimum atomic E-state index is -3.08. The van der Waals surface area contributed by atoms with E-state index in [9.17, 15) is 18.3 Å². The lowest BCUT2D eigenvalue weighted by molar-refractivity contribution is 0.142. The minimum Gasteiger partial charge on any atom is -0.237 e. The van der Waals surface area contributed by atoms with Crippen molar-refractivity contribution in [2.75, 3.05) is 11.9 Å². The Morgan fingerprint density at radius 2 is 1.60 bits per heavy atom. The summed E-state index contributed by atoms with van der Waals surface area (Å²) < 4.78 is 28.8. The molecule has 0 aromatic rings. The molecule has 0 aliphatic carbocycles.